The van der Waals surface area contributed by atoms with Gasteiger partial charge in [-0.15, -0.1) is 0 Å². The first-order chi connectivity index (χ1) is 9.37. The van der Waals surface area contributed by atoms with E-state index in [1.807, 2.05) is 0 Å². The SMILES string of the molecule is CC1CCCC(OCC(O)CNCCCS(C)(=O)=O)C1. The molecule has 3 atom stereocenters. The molecular weight excluding hydrogens is 278 g/mol. The highest BCUT2D eigenvalue weighted by Gasteiger charge is 2.20. The van der Waals surface area contributed by atoms with Gasteiger partial charge >= 0.3 is 0 Å². The highest BCUT2D eigenvalue weighted by Crippen LogP contribution is 2.25. The van der Waals surface area contributed by atoms with E-state index >= 15 is 0 Å². The lowest BCUT2D eigenvalue weighted by Gasteiger charge is -2.27. The summed E-state index contributed by atoms with van der Waals surface area (Å²) in [5.41, 5.74) is 0. The summed E-state index contributed by atoms with van der Waals surface area (Å²) in [6.45, 7) is 3.66. The van der Waals surface area contributed by atoms with E-state index in [1.165, 1.54) is 19.1 Å². The fourth-order valence-corrected chi connectivity index (χ4v) is 3.23. The first-order valence-corrected chi connectivity index (χ1v) is 9.61. The van der Waals surface area contributed by atoms with Crippen LogP contribution in [-0.4, -0.2) is 57.4 Å². The second-order valence-electron chi connectivity index (χ2n) is 6.07. The topological polar surface area (TPSA) is 75.6 Å². The summed E-state index contributed by atoms with van der Waals surface area (Å²) < 4.78 is 27.6. The number of rotatable bonds is 9. The van der Waals surface area contributed by atoms with Crippen LogP contribution in [0.1, 0.15) is 39.0 Å². The predicted molar refractivity (Wildman–Crippen MR) is 80.6 cm³/mol. The summed E-state index contributed by atoms with van der Waals surface area (Å²) in [5, 5.41) is 12.9. The van der Waals surface area contributed by atoms with Gasteiger partial charge in [0.15, 0.2) is 0 Å². The molecule has 0 bridgehead atoms. The van der Waals surface area contributed by atoms with Crippen LogP contribution in [0.4, 0.5) is 0 Å². The van der Waals surface area contributed by atoms with E-state index < -0.39 is 15.9 Å². The number of hydrogen-bond donors (Lipinski definition) is 2. The zero-order valence-electron chi connectivity index (χ0n) is 12.7. The van der Waals surface area contributed by atoms with Gasteiger partial charge < -0.3 is 15.2 Å². The van der Waals surface area contributed by atoms with Crippen molar-refractivity contribution in [2.24, 2.45) is 5.92 Å². The summed E-state index contributed by atoms with van der Waals surface area (Å²) in [6.07, 6.45) is 6.26. The Balaban J connectivity index is 2.01. The van der Waals surface area contributed by atoms with E-state index in [0.29, 0.717) is 32.2 Å². The van der Waals surface area contributed by atoms with Crippen molar-refractivity contribution in [3.8, 4) is 0 Å². The number of ether oxygens (including phenoxy) is 1. The van der Waals surface area contributed by atoms with Gasteiger partial charge in [0.25, 0.3) is 0 Å². The zero-order valence-corrected chi connectivity index (χ0v) is 13.5. The Hall–Kier alpha value is -0.170. The number of nitrogens with one attached hydrogen (secondary N) is 1. The number of hydrogen-bond acceptors (Lipinski definition) is 5. The maximum Gasteiger partial charge on any atom is 0.147 e. The van der Waals surface area contributed by atoms with E-state index in [2.05, 4.69) is 12.2 Å². The van der Waals surface area contributed by atoms with E-state index in [4.69, 9.17) is 4.74 Å². The van der Waals surface area contributed by atoms with E-state index in [-0.39, 0.29) is 5.75 Å². The van der Waals surface area contributed by atoms with Gasteiger partial charge in [0, 0.05) is 12.8 Å². The highest BCUT2D eigenvalue weighted by atomic mass is 32.2. The molecule has 1 rings (SSSR count). The average Bonchev–Trinajstić information content (AvgIpc) is 2.35. The predicted octanol–water partition coefficient (Wildman–Crippen LogP) is 0.967. The summed E-state index contributed by atoms with van der Waals surface area (Å²) in [4.78, 5) is 0. The molecule has 1 aliphatic rings. The van der Waals surface area contributed by atoms with Gasteiger partial charge in [-0.2, -0.15) is 0 Å². The molecule has 0 saturated heterocycles. The fourth-order valence-electron chi connectivity index (χ4n) is 2.56. The highest BCUT2D eigenvalue weighted by molar-refractivity contribution is 7.90. The molecule has 120 valence electrons. The molecule has 1 aliphatic carbocycles. The van der Waals surface area contributed by atoms with Crippen molar-refractivity contribution in [1.29, 1.82) is 0 Å². The van der Waals surface area contributed by atoms with Crippen molar-refractivity contribution in [3.05, 3.63) is 0 Å². The fraction of sp³-hybridized carbons (Fsp3) is 1.00. The molecule has 2 N–H and O–H groups in total. The van der Waals surface area contributed by atoms with E-state index in [9.17, 15) is 13.5 Å². The van der Waals surface area contributed by atoms with Crippen LogP contribution in [0.5, 0.6) is 0 Å². The van der Waals surface area contributed by atoms with Gasteiger partial charge in [-0.25, -0.2) is 8.42 Å². The third-order valence-electron chi connectivity index (χ3n) is 3.66. The largest absolute Gasteiger partial charge is 0.389 e. The van der Waals surface area contributed by atoms with Crippen molar-refractivity contribution in [3.63, 3.8) is 0 Å². The molecule has 20 heavy (non-hydrogen) atoms. The van der Waals surface area contributed by atoms with Gasteiger partial charge in [0.2, 0.25) is 0 Å². The minimum absolute atomic E-state index is 0.187. The van der Waals surface area contributed by atoms with Crippen molar-refractivity contribution < 1.29 is 18.3 Å². The van der Waals surface area contributed by atoms with E-state index in [1.54, 1.807) is 0 Å². The van der Waals surface area contributed by atoms with Crippen molar-refractivity contribution in [2.45, 2.75) is 51.2 Å². The molecule has 0 amide bonds. The van der Waals surface area contributed by atoms with Crippen LogP contribution >= 0.6 is 0 Å². The molecule has 0 spiro atoms. The van der Waals surface area contributed by atoms with Crippen LogP contribution in [0.2, 0.25) is 0 Å². The van der Waals surface area contributed by atoms with E-state index in [0.717, 1.165) is 18.8 Å². The molecule has 0 aromatic carbocycles. The summed E-state index contributed by atoms with van der Waals surface area (Å²) in [7, 11) is -2.88. The lowest BCUT2D eigenvalue weighted by atomic mass is 9.89. The number of aliphatic hydroxyl groups excluding tert-OH is 1. The first kappa shape index (κ1) is 17.9. The quantitative estimate of drug-likeness (QED) is 0.621. The van der Waals surface area contributed by atoms with Crippen LogP contribution in [0.15, 0.2) is 0 Å². The Bertz CT molecular complexity index is 358. The maximum absolute atomic E-state index is 10.9. The van der Waals surface area contributed by atoms with Crippen molar-refractivity contribution in [1.82, 2.24) is 5.32 Å². The van der Waals surface area contributed by atoms with Gasteiger partial charge in [-0.05, 0) is 31.7 Å². The molecule has 1 saturated carbocycles. The van der Waals surface area contributed by atoms with Crippen LogP contribution in [0.3, 0.4) is 0 Å². The van der Waals surface area contributed by atoms with Crippen LogP contribution in [0, 0.1) is 5.92 Å². The molecule has 0 heterocycles. The molecule has 5 nitrogen and oxygen atoms in total. The number of sulfone groups is 1. The second kappa shape index (κ2) is 8.97. The van der Waals surface area contributed by atoms with Gasteiger partial charge in [0.1, 0.15) is 9.84 Å². The lowest BCUT2D eigenvalue weighted by Crippen LogP contribution is -2.33. The molecule has 0 radical (unpaired) electrons. The Morgan fingerprint density at radius 3 is 2.80 bits per heavy atom. The van der Waals surface area contributed by atoms with Crippen LogP contribution in [0.25, 0.3) is 0 Å². The summed E-state index contributed by atoms with van der Waals surface area (Å²) in [6, 6.07) is 0. The normalized spacial score (nSPS) is 25.6. The van der Waals surface area contributed by atoms with Crippen LogP contribution in [-0.2, 0) is 14.6 Å². The standard InChI is InChI=1S/C14H29NO4S/c1-12-5-3-6-14(9-12)19-11-13(16)10-15-7-4-8-20(2,17)18/h12-16H,3-11H2,1-2H3. The lowest BCUT2D eigenvalue weighted by molar-refractivity contribution is -0.0305. The Morgan fingerprint density at radius 2 is 2.15 bits per heavy atom. The average molecular weight is 307 g/mol. The maximum atomic E-state index is 10.9. The van der Waals surface area contributed by atoms with Gasteiger partial charge in [-0.1, -0.05) is 19.8 Å². The van der Waals surface area contributed by atoms with Crippen molar-refractivity contribution in [2.75, 3.05) is 31.7 Å². The molecule has 6 heteroatoms. The zero-order chi connectivity index (χ0) is 15.0. The Kier molecular flexibility index (Phi) is 8.02. The van der Waals surface area contributed by atoms with Crippen LogP contribution < -0.4 is 5.32 Å². The second-order valence-corrected chi connectivity index (χ2v) is 8.33. The molecular formula is C14H29NO4S. The molecule has 0 aromatic rings. The molecule has 1 fully saturated rings. The minimum atomic E-state index is -2.88. The van der Waals surface area contributed by atoms with Gasteiger partial charge in [-0.3, -0.25) is 0 Å². The third-order valence-corrected chi connectivity index (χ3v) is 4.69. The summed E-state index contributed by atoms with van der Waals surface area (Å²) >= 11 is 0. The van der Waals surface area contributed by atoms with Gasteiger partial charge in [0.05, 0.1) is 24.6 Å². The van der Waals surface area contributed by atoms with Crippen molar-refractivity contribution >= 4 is 9.84 Å². The monoisotopic (exact) mass is 307 g/mol. The third kappa shape index (κ3) is 8.89. The summed E-state index contributed by atoms with van der Waals surface area (Å²) in [5.74, 6) is 0.909. The smallest absolute Gasteiger partial charge is 0.147 e. The number of aliphatic hydroxyl groups is 1. The molecule has 0 aliphatic heterocycles. The Morgan fingerprint density at radius 1 is 1.40 bits per heavy atom. The Labute approximate surface area is 123 Å². The first-order valence-electron chi connectivity index (χ1n) is 7.55. The minimum Gasteiger partial charge on any atom is -0.389 e. The molecule has 3 unspecified atom stereocenters. The molecule has 0 aromatic heterocycles.